The standard InChI is InChI=1S/C13H18N2O/c1-9-7-8-11(13(14)15-9)12(16)10-5-3-2-4-6-10/h7-8,10H,2-6H2,1H3,(H2,14,15). The van der Waals surface area contributed by atoms with Gasteiger partial charge in [-0.05, 0) is 31.9 Å². The number of rotatable bonds is 2. The summed E-state index contributed by atoms with van der Waals surface area (Å²) in [6, 6.07) is 3.67. The van der Waals surface area contributed by atoms with Gasteiger partial charge in [0.1, 0.15) is 5.82 Å². The molecule has 0 spiro atoms. The molecule has 3 heteroatoms. The third kappa shape index (κ3) is 2.23. The lowest BCUT2D eigenvalue weighted by Crippen LogP contribution is -2.19. The monoisotopic (exact) mass is 218 g/mol. The highest BCUT2D eigenvalue weighted by molar-refractivity contribution is 6.01. The van der Waals surface area contributed by atoms with Crippen LogP contribution in [-0.4, -0.2) is 10.8 Å². The molecule has 1 heterocycles. The van der Waals surface area contributed by atoms with Gasteiger partial charge in [0.15, 0.2) is 5.78 Å². The summed E-state index contributed by atoms with van der Waals surface area (Å²) in [7, 11) is 0. The van der Waals surface area contributed by atoms with E-state index < -0.39 is 0 Å². The van der Waals surface area contributed by atoms with Crippen LogP contribution in [0.1, 0.15) is 48.2 Å². The molecule has 86 valence electrons. The molecule has 0 aliphatic heterocycles. The highest BCUT2D eigenvalue weighted by Gasteiger charge is 2.24. The smallest absolute Gasteiger partial charge is 0.169 e. The second kappa shape index (κ2) is 4.64. The van der Waals surface area contributed by atoms with E-state index in [2.05, 4.69) is 4.98 Å². The molecule has 0 atom stereocenters. The Morgan fingerprint density at radius 3 is 2.62 bits per heavy atom. The molecule has 16 heavy (non-hydrogen) atoms. The van der Waals surface area contributed by atoms with E-state index in [1.54, 1.807) is 0 Å². The first-order chi connectivity index (χ1) is 7.68. The van der Waals surface area contributed by atoms with E-state index in [0.717, 1.165) is 31.4 Å². The van der Waals surface area contributed by atoms with Gasteiger partial charge in [0.05, 0.1) is 5.56 Å². The number of carbonyl (C=O) groups excluding carboxylic acids is 1. The summed E-state index contributed by atoms with van der Waals surface area (Å²) in [5.41, 5.74) is 7.26. The fraction of sp³-hybridized carbons (Fsp3) is 0.538. The summed E-state index contributed by atoms with van der Waals surface area (Å²) in [5, 5.41) is 0. The minimum Gasteiger partial charge on any atom is -0.383 e. The molecule has 3 nitrogen and oxygen atoms in total. The number of anilines is 1. The number of nitrogen functional groups attached to an aromatic ring is 1. The second-order valence-electron chi connectivity index (χ2n) is 4.58. The van der Waals surface area contributed by atoms with Gasteiger partial charge in [-0.2, -0.15) is 0 Å². The highest BCUT2D eigenvalue weighted by atomic mass is 16.1. The van der Waals surface area contributed by atoms with Crippen molar-refractivity contribution in [3.8, 4) is 0 Å². The van der Waals surface area contributed by atoms with Crippen molar-refractivity contribution in [2.75, 3.05) is 5.73 Å². The Balaban J connectivity index is 2.19. The molecule has 1 fully saturated rings. The maximum atomic E-state index is 12.2. The molecule has 0 saturated heterocycles. The number of nitrogens with two attached hydrogens (primary N) is 1. The van der Waals surface area contributed by atoms with Gasteiger partial charge in [-0.15, -0.1) is 0 Å². The number of nitrogens with zero attached hydrogens (tertiary/aromatic N) is 1. The van der Waals surface area contributed by atoms with Gasteiger partial charge < -0.3 is 5.73 Å². The lowest BCUT2D eigenvalue weighted by Gasteiger charge is -2.20. The summed E-state index contributed by atoms with van der Waals surface area (Å²) in [6.45, 7) is 1.88. The molecule has 1 saturated carbocycles. The van der Waals surface area contributed by atoms with Crippen molar-refractivity contribution < 1.29 is 4.79 Å². The summed E-state index contributed by atoms with van der Waals surface area (Å²) >= 11 is 0. The number of hydrogen-bond donors (Lipinski definition) is 1. The van der Waals surface area contributed by atoms with Gasteiger partial charge in [-0.1, -0.05) is 19.3 Å². The minimum atomic E-state index is 0.167. The quantitative estimate of drug-likeness (QED) is 0.776. The van der Waals surface area contributed by atoms with Crippen LogP contribution in [0.15, 0.2) is 12.1 Å². The number of aromatic nitrogens is 1. The molecule has 1 aliphatic carbocycles. The Hall–Kier alpha value is -1.38. The molecule has 2 rings (SSSR count). The highest BCUT2D eigenvalue weighted by Crippen LogP contribution is 2.28. The van der Waals surface area contributed by atoms with E-state index in [1.807, 2.05) is 19.1 Å². The molecule has 2 N–H and O–H groups in total. The van der Waals surface area contributed by atoms with Crippen LogP contribution in [0.4, 0.5) is 5.82 Å². The van der Waals surface area contributed by atoms with Crippen molar-refractivity contribution in [1.82, 2.24) is 4.98 Å². The Kier molecular flexibility index (Phi) is 3.22. The van der Waals surface area contributed by atoms with E-state index in [1.165, 1.54) is 6.42 Å². The maximum Gasteiger partial charge on any atom is 0.169 e. The third-order valence-corrected chi connectivity index (χ3v) is 3.31. The fourth-order valence-electron chi connectivity index (χ4n) is 2.37. The maximum absolute atomic E-state index is 12.2. The molecule has 0 bridgehead atoms. The van der Waals surface area contributed by atoms with Crippen molar-refractivity contribution in [1.29, 1.82) is 0 Å². The van der Waals surface area contributed by atoms with E-state index in [4.69, 9.17) is 5.73 Å². The van der Waals surface area contributed by atoms with E-state index >= 15 is 0 Å². The van der Waals surface area contributed by atoms with Crippen molar-refractivity contribution >= 4 is 11.6 Å². The summed E-state index contributed by atoms with van der Waals surface area (Å²) in [5.74, 6) is 0.737. The number of pyridine rings is 1. The van der Waals surface area contributed by atoms with E-state index in [-0.39, 0.29) is 11.7 Å². The van der Waals surface area contributed by atoms with Gasteiger partial charge in [0, 0.05) is 11.6 Å². The zero-order valence-corrected chi connectivity index (χ0v) is 9.70. The molecule has 1 aromatic heterocycles. The average Bonchev–Trinajstić information content (AvgIpc) is 2.29. The van der Waals surface area contributed by atoms with Gasteiger partial charge in [0.25, 0.3) is 0 Å². The molecule has 0 radical (unpaired) electrons. The Labute approximate surface area is 96.1 Å². The van der Waals surface area contributed by atoms with Crippen LogP contribution in [0, 0.1) is 12.8 Å². The minimum absolute atomic E-state index is 0.167. The zero-order valence-electron chi connectivity index (χ0n) is 9.70. The van der Waals surface area contributed by atoms with E-state index in [9.17, 15) is 4.79 Å². The Morgan fingerprint density at radius 2 is 2.00 bits per heavy atom. The first kappa shape index (κ1) is 11.1. The number of carbonyl (C=O) groups is 1. The SMILES string of the molecule is Cc1ccc(C(=O)C2CCCCC2)c(N)n1. The number of Topliss-reactive ketones (excluding diaryl/α,β-unsaturated/α-hetero) is 1. The third-order valence-electron chi connectivity index (χ3n) is 3.31. The zero-order chi connectivity index (χ0) is 11.5. The van der Waals surface area contributed by atoms with Crippen LogP contribution >= 0.6 is 0 Å². The number of aryl methyl sites for hydroxylation is 1. The molecule has 0 amide bonds. The number of ketones is 1. The van der Waals surface area contributed by atoms with Gasteiger partial charge in [-0.25, -0.2) is 4.98 Å². The summed E-state index contributed by atoms with van der Waals surface area (Å²) < 4.78 is 0. The van der Waals surface area contributed by atoms with Crippen LogP contribution in [0.2, 0.25) is 0 Å². The average molecular weight is 218 g/mol. The largest absolute Gasteiger partial charge is 0.383 e. The summed E-state index contributed by atoms with van der Waals surface area (Å²) in [4.78, 5) is 16.4. The van der Waals surface area contributed by atoms with Crippen LogP contribution < -0.4 is 5.73 Å². The van der Waals surface area contributed by atoms with Crippen molar-refractivity contribution in [3.05, 3.63) is 23.4 Å². The second-order valence-corrected chi connectivity index (χ2v) is 4.58. The Morgan fingerprint density at radius 1 is 1.31 bits per heavy atom. The van der Waals surface area contributed by atoms with Crippen molar-refractivity contribution in [2.45, 2.75) is 39.0 Å². The molecule has 0 unspecified atom stereocenters. The molecule has 1 aromatic rings. The van der Waals surface area contributed by atoms with Gasteiger partial charge in [-0.3, -0.25) is 4.79 Å². The lowest BCUT2D eigenvalue weighted by molar-refractivity contribution is 0.0890. The summed E-state index contributed by atoms with van der Waals surface area (Å²) in [6.07, 6.45) is 5.59. The van der Waals surface area contributed by atoms with Crippen LogP contribution in [-0.2, 0) is 0 Å². The van der Waals surface area contributed by atoms with Gasteiger partial charge in [0.2, 0.25) is 0 Å². The first-order valence-corrected chi connectivity index (χ1v) is 5.96. The molecular formula is C13H18N2O. The van der Waals surface area contributed by atoms with Gasteiger partial charge >= 0.3 is 0 Å². The van der Waals surface area contributed by atoms with Crippen molar-refractivity contribution in [2.24, 2.45) is 5.92 Å². The van der Waals surface area contributed by atoms with Crippen LogP contribution in [0.25, 0.3) is 0 Å². The molecular weight excluding hydrogens is 200 g/mol. The first-order valence-electron chi connectivity index (χ1n) is 5.96. The molecule has 1 aliphatic rings. The topological polar surface area (TPSA) is 56.0 Å². The predicted octanol–water partition coefficient (Wildman–Crippen LogP) is 2.74. The number of hydrogen-bond acceptors (Lipinski definition) is 3. The van der Waals surface area contributed by atoms with Crippen LogP contribution in [0.3, 0.4) is 0 Å². The Bertz CT molecular complexity index is 395. The van der Waals surface area contributed by atoms with Crippen LogP contribution in [0.5, 0.6) is 0 Å². The lowest BCUT2D eigenvalue weighted by atomic mass is 9.84. The van der Waals surface area contributed by atoms with Crippen molar-refractivity contribution in [3.63, 3.8) is 0 Å². The van der Waals surface area contributed by atoms with E-state index in [0.29, 0.717) is 11.4 Å². The fourth-order valence-corrected chi connectivity index (χ4v) is 2.37. The predicted molar refractivity (Wildman–Crippen MR) is 64.3 cm³/mol. The molecule has 0 aromatic carbocycles. The normalized spacial score (nSPS) is 17.3.